The fraction of sp³-hybridized carbons (Fsp3) is 0.357. The van der Waals surface area contributed by atoms with Crippen LogP contribution >= 0.6 is 24.0 Å². The number of H-pyrrole nitrogens is 1. The van der Waals surface area contributed by atoms with Crippen molar-refractivity contribution in [3.8, 4) is 11.4 Å². The van der Waals surface area contributed by atoms with Crippen LogP contribution in [0.15, 0.2) is 24.3 Å². The van der Waals surface area contributed by atoms with E-state index in [1.54, 1.807) is 0 Å². The quantitative estimate of drug-likeness (QED) is 0.909. The van der Waals surface area contributed by atoms with Crippen LogP contribution in [0.2, 0.25) is 5.02 Å². The molecule has 0 aliphatic heterocycles. The molecular formula is C14H18Cl2N2O. The number of aryl methyl sites for hydroxylation is 1. The van der Waals surface area contributed by atoms with E-state index in [9.17, 15) is 0 Å². The van der Waals surface area contributed by atoms with E-state index < -0.39 is 0 Å². The van der Waals surface area contributed by atoms with Crippen molar-refractivity contribution in [2.24, 2.45) is 0 Å². The van der Waals surface area contributed by atoms with Gasteiger partial charge in [0.15, 0.2) is 0 Å². The third kappa shape index (κ3) is 4.23. The molecule has 1 aromatic carbocycles. The first-order valence-electron chi connectivity index (χ1n) is 5.99. The van der Waals surface area contributed by atoms with Gasteiger partial charge in [-0.25, -0.2) is 4.98 Å². The summed E-state index contributed by atoms with van der Waals surface area (Å²) in [5.74, 6) is 0.853. The lowest BCUT2D eigenvalue weighted by Gasteiger charge is -2.05. The van der Waals surface area contributed by atoms with Gasteiger partial charge in [-0.15, -0.1) is 12.4 Å². The average molecular weight is 301 g/mol. The van der Waals surface area contributed by atoms with E-state index in [0.717, 1.165) is 27.8 Å². The maximum Gasteiger partial charge on any atom is 0.137 e. The number of halogens is 2. The zero-order chi connectivity index (χ0) is 13.1. The Labute approximate surface area is 124 Å². The van der Waals surface area contributed by atoms with Crippen LogP contribution in [-0.4, -0.2) is 16.1 Å². The highest BCUT2D eigenvalue weighted by atomic mass is 35.5. The number of nitrogens with one attached hydrogen (secondary N) is 1. The maximum atomic E-state index is 5.87. The summed E-state index contributed by atoms with van der Waals surface area (Å²) in [6.07, 6.45) is 0.208. The number of aromatic amines is 1. The first-order valence-corrected chi connectivity index (χ1v) is 6.37. The summed E-state index contributed by atoms with van der Waals surface area (Å²) in [6.45, 7) is 6.57. The second-order valence-electron chi connectivity index (χ2n) is 4.52. The van der Waals surface area contributed by atoms with Gasteiger partial charge < -0.3 is 9.72 Å². The maximum absolute atomic E-state index is 5.87. The van der Waals surface area contributed by atoms with Gasteiger partial charge in [0.25, 0.3) is 0 Å². The largest absolute Gasteiger partial charge is 0.372 e. The molecule has 0 aliphatic rings. The summed E-state index contributed by atoms with van der Waals surface area (Å²) in [5.41, 5.74) is 3.02. The summed E-state index contributed by atoms with van der Waals surface area (Å²) in [6, 6.07) is 7.62. The lowest BCUT2D eigenvalue weighted by molar-refractivity contribution is 0.0635. The monoisotopic (exact) mass is 300 g/mol. The zero-order valence-electron chi connectivity index (χ0n) is 11.2. The minimum atomic E-state index is 0. The summed E-state index contributed by atoms with van der Waals surface area (Å²) in [5, 5.41) is 0.727. The fourth-order valence-electron chi connectivity index (χ4n) is 1.63. The van der Waals surface area contributed by atoms with Crippen LogP contribution in [0.4, 0.5) is 0 Å². The van der Waals surface area contributed by atoms with Gasteiger partial charge in [-0.05, 0) is 45.0 Å². The topological polar surface area (TPSA) is 37.9 Å². The molecule has 2 rings (SSSR count). The van der Waals surface area contributed by atoms with Gasteiger partial charge in [-0.3, -0.25) is 0 Å². The Morgan fingerprint density at radius 1 is 1.26 bits per heavy atom. The van der Waals surface area contributed by atoms with Crippen LogP contribution in [0, 0.1) is 6.92 Å². The van der Waals surface area contributed by atoms with Crippen molar-refractivity contribution in [2.45, 2.75) is 33.5 Å². The zero-order valence-corrected chi connectivity index (χ0v) is 12.8. The molecule has 0 aliphatic carbocycles. The standard InChI is InChI=1S/C14H17ClN2O.ClH/c1-9(2)18-8-13-10(3)16-14(17-13)11-4-6-12(15)7-5-11;/h4-7,9H,8H2,1-3H3,(H,16,17);1H. The molecular weight excluding hydrogens is 283 g/mol. The molecule has 1 heterocycles. The summed E-state index contributed by atoms with van der Waals surface area (Å²) >= 11 is 5.87. The van der Waals surface area contributed by atoms with Crippen molar-refractivity contribution in [3.05, 3.63) is 40.7 Å². The van der Waals surface area contributed by atoms with Crippen LogP contribution in [-0.2, 0) is 11.3 Å². The van der Waals surface area contributed by atoms with Gasteiger partial charge >= 0.3 is 0 Å². The van der Waals surface area contributed by atoms with Crippen LogP contribution in [0.1, 0.15) is 25.2 Å². The number of rotatable bonds is 4. The molecule has 0 saturated carbocycles. The Hall–Kier alpha value is -1.03. The summed E-state index contributed by atoms with van der Waals surface area (Å²) < 4.78 is 5.57. The normalized spacial score (nSPS) is 10.6. The Bertz CT molecular complexity index is 521. The van der Waals surface area contributed by atoms with Crippen LogP contribution in [0.5, 0.6) is 0 Å². The van der Waals surface area contributed by atoms with Crippen LogP contribution in [0.25, 0.3) is 11.4 Å². The fourth-order valence-corrected chi connectivity index (χ4v) is 1.75. The molecule has 0 saturated heterocycles. The van der Waals surface area contributed by atoms with Gasteiger partial charge in [0.2, 0.25) is 0 Å². The molecule has 0 radical (unpaired) electrons. The van der Waals surface area contributed by atoms with Gasteiger partial charge in [0, 0.05) is 16.3 Å². The molecule has 104 valence electrons. The van der Waals surface area contributed by atoms with E-state index in [2.05, 4.69) is 9.97 Å². The second kappa shape index (κ2) is 6.94. The van der Waals surface area contributed by atoms with E-state index in [1.807, 2.05) is 45.0 Å². The minimum Gasteiger partial charge on any atom is -0.372 e. The second-order valence-corrected chi connectivity index (χ2v) is 4.96. The van der Waals surface area contributed by atoms with Crippen molar-refractivity contribution < 1.29 is 4.74 Å². The molecule has 0 unspecified atom stereocenters. The van der Waals surface area contributed by atoms with E-state index >= 15 is 0 Å². The Kier molecular flexibility index (Phi) is 5.85. The van der Waals surface area contributed by atoms with E-state index in [-0.39, 0.29) is 18.5 Å². The van der Waals surface area contributed by atoms with Crippen molar-refractivity contribution in [1.82, 2.24) is 9.97 Å². The third-order valence-electron chi connectivity index (χ3n) is 2.66. The number of ether oxygens (including phenoxy) is 1. The Balaban J connectivity index is 0.00000180. The SMILES string of the molecule is Cc1[nH]c(-c2ccc(Cl)cc2)nc1COC(C)C.Cl. The highest BCUT2D eigenvalue weighted by molar-refractivity contribution is 6.30. The van der Waals surface area contributed by atoms with Crippen molar-refractivity contribution in [1.29, 1.82) is 0 Å². The number of imidazole rings is 1. The van der Waals surface area contributed by atoms with Gasteiger partial charge in [-0.1, -0.05) is 11.6 Å². The molecule has 0 amide bonds. The smallest absolute Gasteiger partial charge is 0.137 e. The molecule has 3 nitrogen and oxygen atoms in total. The minimum absolute atomic E-state index is 0. The molecule has 0 atom stereocenters. The number of nitrogens with zero attached hydrogens (tertiary/aromatic N) is 1. The van der Waals surface area contributed by atoms with Crippen molar-refractivity contribution >= 4 is 24.0 Å². The Morgan fingerprint density at radius 3 is 2.47 bits per heavy atom. The van der Waals surface area contributed by atoms with Gasteiger partial charge in [0.05, 0.1) is 18.4 Å². The number of benzene rings is 1. The third-order valence-corrected chi connectivity index (χ3v) is 2.91. The summed E-state index contributed by atoms with van der Waals surface area (Å²) in [7, 11) is 0. The van der Waals surface area contributed by atoms with Crippen LogP contribution in [0.3, 0.4) is 0 Å². The van der Waals surface area contributed by atoms with Gasteiger partial charge in [0.1, 0.15) is 5.82 Å². The molecule has 5 heteroatoms. The summed E-state index contributed by atoms with van der Waals surface area (Å²) in [4.78, 5) is 7.83. The predicted octanol–water partition coefficient (Wildman–Crippen LogP) is 4.39. The molecule has 1 aromatic heterocycles. The molecule has 0 spiro atoms. The first-order chi connectivity index (χ1) is 8.56. The molecule has 1 N–H and O–H groups in total. The highest BCUT2D eigenvalue weighted by Gasteiger charge is 2.09. The highest BCUT2D eigenvalue weighted by Crippen LogP contribution is 2.20. The van der Waals surface area contributed by atoms with E-state index in [1.165, 1.54) is 0 Å². The number of hydrogen-bond acceptors (Lipinski definition) is 2. The first kappa shape index (κ1) is 16.0. The molecule has 2 aromatic rings. The lowest BCUT2D eigenvalue weighted by atomic mass is 10.2. The number of hydrogen-bond donors (Lipinski definition) is 1. The predicted molar refractivity (Wildman–Crippen MR) is 80.9 cm³/mol. The lowest BCUT2D eigenvalue weighted by Crippen LogP contribution is -2.03. The molecule has 19 heavy (non-hydrogen) atoms. The van der Waals surface area contributed by atoms with Crippen LogP contribution < -0.4 is 0 Å². The van der Waals surface area contributed by atoms with E-state index in [0.29, 0.717) is 6.61 Å². The van der Waals surface area contributed by atoms with Gasteiger partial charge in [-0.2, -0.15) is 0 Å². The Morgan fingerprint density at radius 2 is 1.89 bits per heavy atom. The number of aromatic nitrogens is 2. The van der Waals surface area contributed by atoms with Crippen molar-refractivity contribution in [3.63, 3.8) is 0 Å². The molecule has 0 bridgehead atoms. The van der Waals surface area contributed by atoms with E-state index in [4.69, 9.17) is 16.3 Å². The average Bonchev–Trinajstić information content (AvgIpc) is 2.69. The van der Waals surface area contributed by atoms with Crippen molar-refractivity contribution in [2.75, 3.05) is 0 Å². The molecule has 0 fully saturated rings.